The molecule has 88 valence electrons. The summed E-state index contributed by atoms with van der Waals surface area (Å²) in [6.07, 6.45) is 0. The Bertz CT molecular complexity index is 661. The van der Waals surface area contributed by atoms with Crippen LogP contribution in [0.15, 0.2) is 69.7 Å². The van der Waals surface area contributed by atoms with Crippen LogP contribution < -0.4 is 0 Å². The standard InChI is InChI=1S/C15H10BrNO/c16-13-8-4-7-12(9-13)15-10-14(17-18-15)11-5-2-1-3-6-11/h1-10H. The van der Waals surface area contributed by atoms with E-state index in [4.69, 9.17) is 4.52 Å². The highest BCUT2D eigenvalue weighted by Gasteiger charge is 2.08. The Kier molecular flexibility index (Phi) is 2.99. The first-order chi connectivity index (χ1) is 8.83. The molecule has 0 fully saturated rings. The van der Waals surface area contributed by atoms with Gasteiger partial charge in [0.25, 0.3) is 0 Å². The van der Waals surface area contributed by atoms with Crippen molar-refractivity contribution in [3.8, 4) is 22.6 Å². The summed E-state index contributed by atoms with van der Waals surface area (Å²) in [6, 6.07) is 19.9. The van der Waals surface area contributed by atoms with Crippen molar-refractivity contribution in [2.24, 2.45) is 0 Å². The van der Waals surface area contributed by atoms with E-state index in [2.05, 4.69) is 21.1 Å². The first-order valence-corrected chi connectivity index (χ1v) is 6.40. The summed E-state index contributed by atoms with van der Waals surface area (Å²) in [4.78, 5) is 0. The van der Waals surface area contributed by atoms with E-state index in [0.717, 1.165) is 27.1 Å². The van der Waals surface area contributed by atoms with Crippen LogP contribution in [0.3, 0.4) is 0 Å². The van der Waals surface area contributed by atoms with Crippen LogP contribution in [0.4, 0.5) is 0 Å². The highest BCUT2D eigenvalue weighted by Crippen LogP contribution is 2.27. The highest BCUT2D eigenvalue weighted by molar-refractivity contribution is 9.10. The normalized spacial score (nSPS) is 10.5. The van der Waals surface area contributed by atoms with Gasteiger partial charge in [0, 0.05) is 21.7 Å². The molecule has 3 rings (SSSR count). The molecule has 0 N–H and O–H groups in total. The van der Waals surface area contributed by atoms with Gasteiger partial charge in [-0.1, -0.05) is 63.6 Å². The van der Waals surface area contributed by atoms with E-state index in [1.165, 1.54) is 0 Å². The van der Waals surface area contributed by atoms with Gasteiger partial charge in [-0.15, -0.1) is 0 Å². The first-order valence-electron chi connectivity index (χ1n) is 5.61. The third kappa shape index (κ3) is 2.22. The molecular weight excluding hydrogens is 290 g/mol. The fraction of sp³-hybridized carbons (Fsp3) is 0. The monoisotopic (exact) mass is 299 g/mol. The van der Waals surface area contributed by atoms with Crippen LogP contribution in [-0.4, -0.2) is 5.16 Å². The van der Waals surface area contributed by atoms with Crippen molar-refractivity contribution >= 4 is 15.9 Å². The SMILES string of the molecule is Brc1cccc(-c2cc(-c3ccccc3)no2)c1. The van der Waals surface area contributed by atoms with E-state index in [1.54, 1.807) is 0 Å². The summed E-state index contributed by atoms with van der Waals surface area (Å²) in [6.45, 7) is 0. The van der Waals surface area contributed by atoms with E-state index in [9.17, 15) is 0 Å². The van der Waals surface area contributed by atoms with E-state index in [0.29, 0.717) is 0 Å². The Morgan fingerprint density at radius 1 is 0.833 bits per heavy atom. The zero-order chi connectivity index (χ0) is 12.4. The van der Waals surface area contributed by atoms with E-state index in [1.807, 2.05) is 60.7 Å². The molecule has 0 saturated heterocycles. The molecule has 18 heavy (non-hydrogen) atoms. The minimum atomic E-state index is 0.773. The topological polar surface area (TPSA) is 26.0 Å². The lowest BCUT2D eigenvalue weighted by molar-refractivity contribution is 0.435. The molecule has 0 aliphatic heterocycles. The molecule has 0 amide bonds. The maximum absolute atomic E-state index is 5.39. The van der Waals surface area contributed by atoms with Crippen LogP contribution in [0.1, 0.15) is 0 Å². The predicted molar refractivity (Wildman–Crippen MR) is 75.1 cm³/mol. The van der Waals surface area contributed by atoms with Gasteiger partial charge in [-0.2, -0.15) is 0 Å². The molecule has 3 heteroatoms. The molecule has 1 aromatic heterocycles. The van der Waals surface area contributed by atoms with Gasteiger partial charge in [-0.25, -0.2) is 0 Å². The van der Waals surface area contributed by atoms with E-state index >= 15 is 0 Å². The molecule has 0 aliphatic carbocycles. The smallest absolute Gasteiger partial charge is 0.167 e. The Morgan fingerprint density at radius 2 is 1.61 bits per heavy atom. The van der Waals surface area contributed by atoms with Gasteiger partial charge >= 0.3 is 0 Å². The summed E-state index contributed by atoms with van der Waals surface area (Å²) in [5.41, 5.74) is 2.92. The maximum Gasteiger partial charge on any atom is 0.167 e. The zero-order valence-corrected chi connectivity index (χ0v) is 11.1. The molecular formula is C15H10BrNO. The fourth-order valence-electron chi connectivity index (χ4n) is 1.80. The minimum absolute atomic E-state index is 0.773. The number of aromatic nitrogens is 1. The molecule has 0 aliphatic rings. The second-order valence-corrected chi connectivity index (χ2v) is 4.87. The molecule has 0 unspecified atom stereocenters. The van der Waals surface area contributed by atoms with E-state index < -0.39 is 0 Å². The summed E-state index contributed by atoms with van der Waals surface area (Å²) in [5.74, 6) is 0.773. The van der Waals surface area contributed by atoms with Gasteiger partial charge in [0.05, 0.1) is 0 Å². The Morgan fingerprint density at radius 3 is 2.39 bits per heavy atom. The molecule has 2 aromatic carbocycles. The minimum Gasteiger partial charge on any atom is -0.356 e. The number of hydrogen-bond acceptors (Lipinski definition) is 2. The maximum atomic E-state index is 5.39. The van der Waals surface area contributed by atoms with Crippen LogP contribution in [0.25, 0.3) is 22.6 Å². The number of nitrogens with zero attached hydrogens (tertiary/aromatic N) is 1. The quantitative estimate of drug-likeness (QED) is 0.681. The van der Waals surface area contributed by atoms with Crippen molar-refractivity contribution in [1.29, 1.82) is 0 Å². The molecule has 0 saturated carbocycles. The summed E-state index contributed by atoms with van der Waals surface area (Å²) in [5, 5.41) is 4.10. The molecule has 0 bridgehead atoms. The lowest BCUT2D eigenvalue weighted by Gasteiger charge is -1.95. The van der Waals surface area contributed by atoms with Gasteiger partial charge in [0.2, 0.25) is 0 Å². The van der Waals surface area contributed by atoms with Gasteiger partial charge in [-0.3, -0.25) is 0 Å². The highest BCUT2D eigenvalue weighted by atomic mass is 79.9. The van der Waals surface area contributed by atoms with Crippen molar-refractivity contribution in [3.05, 3.63) is 65.1 Å². The van der Waals surface area contributed by atoms with Gasteiger partial charge in [0.15, 0.2) is 5.76 Å². The Balaban J connectivity index is 2.00. The van der Waals surface area contributed by atoms with Crippen LogP contribution in [0.2, 0.25) is 0 Å². The fourth-order valence-corrected chi connectivity index (χ4v) is 2.20. The number of halogens is 1. The second-order valence-electron chi connectivity index (χ2n) is 3.95. The molecule has 0 radical (unpaired) electrons. The lowest BCUT2D eigenvalue weighted by Crippen LogP contribution is -1.74. The second kappa shape index (κ2) is 4.78. The van der Waals surface area contributed by atoms with Crippen molar-refractivity contribution in [1.82, 2.24) is 5.16 Å². The summed E-state index contributed by atoms with van der Waals surface area (Å²) >= 11 is 3.45. The van der Waals surface area contributed by atoms with Crippen LogP contribution in [-0.2, 0) is 0 Å². The van der Waals surface area contributed by atoms with E-state index in [-0.39, 0.29) is 0 Å². The number of benzene rings is 2. The number of rotatable bonds is 2. The Labute approximate surface area is 113 Å². The van der Waals surface area contributed by atoms with Crippen molar-refractivity contribution in [3.63, 3.8) is 0 Å². The van der Waals surface area contributed by atoms with Crippen LogP contribution in [0.5, 0.6) is 0 Å². The average Bonchev–Trinajstić information content (AvgIpc) is 2.89. The van der Waals surface area contributed by atoms with Crippen LogP contribution >= 0.6 is 15.9 Å². The van der Waals surface area contributed by atoms with Gasteiger partial charge in [-0.05, 0) is 12.1 Å². The Hall–Kier alpha value is -1.87. The molecule has 1 heterocycles. The van der Waals surface area contributed by atoms with Gasteiger partial charge < -0.3 is 4.52 Å². The summed E-state index contributed by atoms with van der Waals surface area (Å²) < 4.78 is 6.41. The third-order valence-corrected chi connectivity index (χ3v) is 3.18. The molecule has 3 aromatic rings. The van der Waals surface area contributed by atoms with Crippen molar-refractivity contribution in [2.75, 3.05) is 0 Å². The number of hydrogen-bond donors (Lipinski definition) is 0. The average molecular weight is 300 g/mol. The molecule has 0 atom stereocenters. The first kappa shape index (κ1) is 11.2. The predicted octanol–water partition coefficient (Wildman–Crippen LogP) is 4.77. The summed E-state index contributed by atoms with van der Waals surface area (Å²) in [7, 11) is 0. The largest absolute Gasteiger partial charge is 0.356 e. The molecule has 2 nitrogen and oxygen atoms in total. The van der Waals surface area contributed by atoms with Crippen molar-refractivity contribution < 1.29 is 4.52 Å². The third-order valence-electron chi connectivity index (χ3n) is 2.69. The van der Waals surface area contributed by atoms with Crippen molar-refractivity contribution in [2.45, 2.75) is 0 Å². The van der Waals surface area contributed by atoms with Gasteiger partial charge in [0.1, 0.15) is 5.69 Å². The zero-order valence-electron chi connectivity index (χ0n) is 9.51. The lowest BCUT2D eigenvalue weighted by atomic mass is 10.1. The molecule has 0 spiro atoms. The van der Waals surface area contributed by atoms with Crippen LogP contribution in [0, 0.1) is 0 Å².